The van der Waals surface area contributed by atoms with Crippen LogP contribution in [0, 0.1) is 0 Å². The van der Waals surface area contributed by atoms with Crippen LogP contribution in [0.2, 0.25) is 0 Å². The maximum atomic E-state index is 12.4. The van der Waals surface area contributed by atoms with Crippen LogP contribution in [0.4, 0.5) is 10.5 Å². The minimum atomic E-state index is -0.210. The summed E-state index contributed by atoms with van der Waals surface area (Å²) in [4.78, 5) is 13.9. The highest BCUT2D eigenvalue weighted by Crippen LogP contribution is 2.20. The Labute approximate surface area is 140 Å². The summed E-state index contributed by atoms with van der Waals surface area (Å²) >= 11 is 0. The second-order valence-electron chi connectivity index (χ2n) is 5.64. The van der Waals surface area contributed by atoms with Gasteiger partial charge in [0.1, 0.15) is 5.76 Å². The average molecular weight is 324 g/mol. The van der Waals surface area contributed by atoms with E-state index in [0.717, 1.165) is 11.3 Å². The molecule has 1 atom stereocenters. The Kier molecular flexibility index (Phi) is 4.65. The van der Waals surface area contributed by atoms with E-state index in [9.17, 15) is 4.79 Å². The molecule has 2 heterocycles. The van der Waals surface area contributed by atoms with Gasteiger partial charge in [-0.15, -0.1) is 0 Å². The third-order valence-corrected chi connectivity index (χ3v) is 3.93. The summed E-state index contributed by atoms with van der Waals surface area (Å²) < 4.78 is 7.14. The number of amides is 2. The van der Waals surface area contributed by atoms with Crippen molar-refractivity contribution in [2.75, 3.05) is 12.4 Å². The van der Waals surface area contributed by atoms with Gasteiger partial charge in [-0.2, -0.15) is 5.10 Å². The lowest BCUT2D eigenvalue weighted by Gasteiger charge is -2.23. The zero-order valence-corrected chi connectivity index (χ0v) is 13.7. The van der Waals surface area contributed by atoms with E-state index in [4.69, 9.17) is 4.42 Å². The van der Waals surface area contributed by atoms with Gasteiger partial charge in [0, 0.05) is 13.2 Å². The third kappa shape index (κ3) is 3.65. The van der Waals surface area contributed by atoms with E-state index in [-0.39, 0.29) is 12.1 Å². The highest BCUT2D eigenvalue weighted by atomic mass is 16.3. The maximum Gasteiger partial charge on any atom is 0.322 e. The first kappa shape index (κ1) is 15.9. The molecule has 124 valence electrons. The number of rotatable bonds is 5. The molecule has 0 saturated carbocycles. The summed E-state index contributed by atoms with van der Waals surface area (Å²) in [5, 5.41) is 7.14. The van der Waals surface area contributed by atoms with Gasteiger partial charge >= 0.3 is 6.03 Å². The van der Waals surface area contributed by atoms with Crippen molar-refractivity contribution in [3.8, 4) is 0 Å². The predicted octanol–water partition coefficient (Wildman–Crippen LogP) is 3.75. The van der Waals surface area contributed by atoms with Gasteiger partial charge in [-0.1, -0.05) is 30.3 Å². The van der Waals surface area contributed by atoms with E-state index in [1.807, 2.05) is 55.6 Å². The molecular weight excluding hydrogens is 304 g/mol. The normalized spacial score (nSPS) is 11.9. The lowest BCUT2D eigenvalue weighted by Crippen LogP contribution is -2.33. The molecule has 2 aromatic heterocycles. The zero-order chi connectivity index (χ0) is 16.9. The Hall–Kier alpha value is -3.02. The van der Waals surface area contributed by atoms with Gasteiger partial charge in [-0.3, -0.25) is 4.68 Å². The van der Waals surface area contributed by atoms with Crippen LogP contribution in [0.1, 0.15) is 24.3 Å². The van der Waals surface area contributed by atoms with Crippen molar-refractivity contribution in [3.63, 3.8) is 0 Å². The van der Waals surface area contributed by atoms with Gasteiger partial charge in [-0.25, -0.2) is 4.79 Å². The molecule has 0 spiro atoms. The van der Waals surface area contributed by atoms with E-state index in [1.54, 1.807) is 29.1 Å². The molecular formula is C18H20N4O2. The van der Waals surface area contributed by atoms with Crippen molar-refractivity contribution in [1.82, 2.24) is 14.7 Å². The molecule has 0 radical (unpaired) electrons. The van der Waals surface area contributed by atoms with Crippen molar-refractivity contribution < 1.29 is 9.21 Å². The molecule has 3 rings (SSSR count). The summed E-state index contributed by atoms with van der Waals surface area (Å²) in [5.41, 5.74) is 1.82. The molecule has 2 amide bonds. The van der Waals surface area contributed by atoms with E-state index in [0.29, 0.717) is 12.2 Å². The van der Waals surface area contributed by atoms with Crippen molar-refractivity contribution in [2.24, 2.45) is 0 Å². The van der Waals surface area contributed by atoms with Crippen LogP contribution in [-0.2, 0) is 6.54 Å². The van der Waals surface area contributed by atoms with Crippen molar-refractivity contribution in [2.45, 2.75) is 19.5 Å². The summed E-state index contributed by atoms with van der Waals surface area (Å²) in [7, 11) is 1.73. The molecule has 0 aliphatic heterocycles. The number of urea groups is 1. The summed E-state index contributed by atoms with van der Waals surface area (Å²) in [6.45, 7) is 2.58. The van der Waals surface area contributed by atoms with Crippen LogP contribution in [0.15, 0.2) is 65.5 Å². The highest BCUT2D eigenvalue weighted by molar-refractivity contribution is 5.89. The van der Waals surface area contributed by atoms with Gasteiger partial charge in [-0.05, 0) is 24.6 Å². The molecule has 0 aliphatic carbocycles. The van der Waals surface area contributed by atoms with Crippen molar-refractivity contribution in [3.05, 3.63) is 72.4 Å². The second kappa shape index (κ2) is 7.04. The number of hydrogen-bond acceptors (Lipinski definition) is 3. The number of aromatic nitrogens is 2. The van der Waals surface area contributed by atoms with E-state index >= 15 is 0 Å². The van der Waals surface area contributed by atoms with Gasteiger partial charge in [0.15, 0.2) is 0 Å². The minimum Gasteiger partial charge on any atom is -0.467 e. The van der Waals surface area contributed by atoms with Crippen LogP contribution < -0.4 is 5.32 Å². The Bertz CT molecular complexity index is 780. The lowest BCUT2D eigenvalue weighted by molar-refractivity contribution is 0.201. The fourth-order valence-electron chi connectivity index (χ4n) is 2.39. The molecule has 0 fully saturated rings. The molecule has 1 aromatic carbocycles. The number of hydrogen-bond donors (Lipinski definition) is 1. The zero-order valence-electron chi connectivity index (χ0n) is 13.7. The predicted molar refractivity (Wildman–Crippen MR) is 91.7 cm³/mol. The van der Waals surface area contributed by atoms with Crippen LogP contribution >= 0.6 is 0 Å². The molecule has 1 N–H and O–H groups in total. The number of nitrogens with one attached hydrogen (secondary N) is 1. The molecule has 6 heteroatoms. The Balaban J connectivity index is 1.60. The van der Waals surface area contributed by atoms with Gasteiger partial charge < -0.3 is 14.6 Å². The largest absolute Gasteiger partial charge is 0.467 e. The first-order valence-electron chi connectivity index (χ1n) is 7.77. The first-order valence-corrected chi connectivity index (χ1v) is 7.77. The third-order valence-electron chi connectivity index (χ3n) is 3.93. The number of anilines is 1. The number of carbonyl (C=O) groups excluding carboxylic acids is 1. The number of benzene rings is 1. The van der Waals surface area contributed by atoms with Crippen LogP contribution in [0.25, 0.3) is 0 Å². The first-order chi connectivity index (χ1) is 11.6. The van der Waals surface area contributed by atoms with E-state index in [2.05, 4.69) is 10.4 Å². The van der Waals surface area contributed by atoms with E-state index < -0.39 is 0 Å². The summed E-state index contributed by atoms with van der Waals surface area (Å²) in [5.74, 6) is 0.743. The van der Waals surface area contributed by atoms with Crippen LogP contribution in [0.5, 0.6) is 0 Å². The molecule has 0 unspecified atom stereocenters. The minimum absolute atomic E-state index is 0.153. The number of nitrogens with zero attached hydrogens (tertiary/aromatic N) is 3. The van der Waals surface area contributed by atoms with Crippen LogP contribution in [0.3, 0.4) is 0 Å². The average Bonchev–Trinajstić information content (AvgIpc) is 3.26. The van der Waals surface area contributed by atoms with E-state index in [1.165, 1.54) is 0 Å². The Morgan fingerprint density at radius 3 is 2.79 bits per heavy atom. The Morgan fingerprint density at radius 2 is 2.08 bits per heavy atom. The fourth-order valence-corrected chi connectivity index (χ4v) is 2.39. The smallest absolute Gasteiger partial charge is 0.322 e. The second-order valence-corrected chi connectivity index (χ2v) is 5.64. The SMILES string of the molecule is C[C@H](c1ccco1)N(C)C(=O)Nc1cnn(Cc2ccccc2)c1. The maximum absolute atomic E-state index is 12.4. The monoisotopic (exact) mass is 324 g/mol. The lowest BCUT2D eigenvalue weighted by atomic mass is 10.2. The summed E-state index contributed by atoms with van der Waals surface area (Å²) in [6, 6.07) is 13.3. The topological polar surface area (TPSA) is 63.3 Å². The Morgan fingerprint density at radius 1 is 1.29 bits per heavy atom. The fraction of sp³-hybridized carbons (Fsp3) is 0.222. The van der Waals surface area contributed by atoms with Crippen LogP contribution in [-0.4, -0.2) is 27.8 Å². The van der Waals surface area contributed by atoms with Crippen molar-refractivity contribution in [1.29, 1.82) is 0 Å². The summed E-state index contributed by atoms with van der Waals surface area (Å²) in [6.07, 6.45) is 5.06. The quantitative estimate of drug-likeness (QED) is 0.777. The molecule has 0 saturated heterocycles. The van der Waals surface area contributed by atoms with Gasteiger partial charge in [0.25, 0.3) is 0 Å². The molecule has 0 aliphatic rings. The number of furan rings is 1. The van der Waals surface area contributed by atoms with Crippen molar-refractivity contribution >= 4 is 11.7 Å². The van der Waals surface area contributed by atoms with Gasteiger partial charge in [0.2, 0.25) is 0 Å². The highest BCUT2D eigenvalue weighted by Gasteiger charge is 2.19. The molecule has 3 aromatic rings. The molecule has 6 nitrogen and oxygen atoms in total. The molecule has 0 bridgehead atoms. The van der Waals surface area contributed by atoms with Gasteiger partial charge in [0.05, 0.1) is 30.7 Å². The standard InChI is InChI=1S/C18H20N4O2/c1-14(17-9-6-10-24-17)21(2)18(23)20-16-11-19-22(13-16)12-15-7-4-3-5-8-15/h3-11,13-14H,12H2,1-2H3,(H,20,23)/t14-/m1/s1. The number of carbonyl (C=O) groups is 1. The molecule has 24 heavy (non-hydrogen) atoms.